The van der Waals surface area contributed by atoms with E-state index in [2.05, 4.69) is 38.0 Å². The van der Waals surface area contributed by atoms with Crippen molar-refractivity contribution >= 4 is 22.4 Å². The van der Waals surface area contributed by atoms with Crippen LogP contribution >= 0.6 is 0 Å². The number of likely N-dealkylation sites (tertiary alicyclic amines) is 1. The number of pyridine rings is 1. The molecule has 12 heteroatoms. The van der Waals surface area contributed by atoms with E-state index >= 15 is 0 Å². The largest absolute Gasteiger partial charge is 0.474 e. The van der Waals surface area contributed by atoms with Crippen LogP contribution in [0.3, 0.4) is 0 Å². The van der Waals surface area contributed by atoms with Gasteiger partial charge in [-0.3, -0.25) is 9.25 Å². The molecule has 220 valence electrons. The van der Waals surface area contributed by atoms with Crippen molar-refractivity contribution in [1.82, 2.24) is 39.0 Å². The van der Waals surface area contributed by atoms with Crippen LogP contribution < -0.4 is 5.32 Å². The molecule has 5 heterocycles. The number of hydrogen-bond donors (Lipinski definition) is 2. The van der Waals surface area contributed by atoms with Gasteiger partial charge in [0.15, 0.2) is 17.4 Å². The first-order chi connectivity index (χ1) is 20.5. The van der Waals surface area contributed by atoms with Crippen LogP contribution in [0.5, 0.6) is 0 Å². The quantitative estimate of drug-likeness (QED) is 0.246. The lowest BCUT2D eigenvalue weighted by Crippen LogP contribution is -2.48. The van der Waals surface area contributed by atoms with Crippen LogP contribution in [0.1, 0.15) is 56.8 Å². The van der Waals surface area contributed by atoms with E-state index in [-0.39, 0.29) is 17.3 Å². The summed E-state index contributed by atoms with van der Waals surface area (Å²) >= 11 is 0. The van der Waals surface area contributed by atoms with Crippen LogP contribution in [-0.2, 0) is 4.74 Å². The van der Waals surface area contributed by atoms with Crippen molar-refractivity contribution in [2.45, 2.75) is 52.4 Å². The molecule has 0 saturated carbocycles. The molecule has 6 rings (SSSR count). The Kier molecular flexibility index (Phi) is 6.90. The van der Waals surface area contributed by atoms with E-state index in [0.717, 1.165) is 41.2 Å². The van der Waals surface area contributed by atoms with E-state index in [1.54, 1.807) is 24.0 Å². The third kappa shape index (κ3) is 5.54. The van der Waals surface area contributed by atoms with Crippen LogP contribution in [0.25, 0.3) is 22.7 Å². The number of anilines is 2. The highest BCUT2D eigenvalue weighted by atomic mass is 16.5. The maximum absolute atomic E-state index is 10.4. The van der Waals surface area contributed by atoms with Gasteiger partial charge >= 0.3 is 0 Å². The molecule has 1 aliphatic heterocycles. The number of ether oxygens (including phenoxy) is 1. The summed E-state index contributed by atoms with van der Waals surface area (Å²) in [5, 5.41) is 32.1. The first-order valence-electron chi connectivity index (χ1n) is 14.1. The highest BCUT2D eigenvalue weighted by Crippen LogP contribution is 2.30. The minimum absolute atomic E-state index is 0.253. The van der Waals surface area contributed by atoms with Crippen LogP contribution in [0.15, 0.2) is 67.6 Å². The minimum Gasteiger partial charge on any atom is -0.474 e. The molecule has 1 saturated heterocycles. The number of nitrogens with one attached hydrogen (secondary N) is 1. The van der Waals surface area contributed by atoms with Crippen molar-refractivity contribution in [2.75, 3.05) is 18.4 Å². The molecule has 0 spiro atoms. The van der Waals surface area contributed by atoms with Crippen molar-refractivity contribution < 1.29 is 9.84 Å². The number of aliphatic hydroxyl groups excluding tert-OH is 1. The summed E-state index contributed by atoms with van der Waals surface area (Å²) in [7, 11) is 0. The Morgan fingerprint density at radius 3 is 2.67 bits per heavy atom. The van der Waals surface area contributed by atoms with Crippen molar-refractivity contribution in [3.05, 3.63) is 84.5 Å². The summed E-state index contributed by atoms with van der Waals surface area (Å²) in [5.74, 6) is 1.77. The smallest absolute Gasteiger partial charge is 0.182 e. The number of nitrogens with zero attached hydrogens (tertiary/aromatic N) is 9. The molecule has 1 aromatic carbocycles. The molecule has 0 bridgehead atoms. The van der Waals surface area contributed by atoms with E-state index in [9.17, 15) is 10.4 Å². The van der Waals surface area contributed by atoms with E-state index in [1.165, 1.54) is 0 Å². The Morgan fingerprint density at radius 2 is 1.98 bits per heavy atom. The highest BCUT2D eigenvalue weighted by molar-refractivity contribution is 5.82. The van der Waals surface area contributed by atoms with Crippen molar-refractivity contribution in [2.24, 2.45) is 0 Å². The predicted octanol–water partition coefficient (Wildman–Crippen LogP) is 4.92. The van der Waals surface area contributed by atoms with Gasteiger partial charge in [0.2, 0.25) is 0 Å². The molecule has 0 radical (unpaired) electrons. The Morgan fingerprint density at radius 1 is 1.19 bits per heavy atom. The first kappa shape index (κ1) is 28.0. The fourth-order valence-corrected chi connectivity index (χ4v) is 5.11. The third-order valence-corrected chi connectivity index (χ3v) is 7.24. The van der Waals surface area contributed by atoms with Gasteiger partial charge in [-0.05, 0) is 77.6 Å². The maximum Gasteiger partial charge on any atom is 0.182 e. The van der Waals surface area contributed by atoms with Crippen LogP contribution in [0.2, 0.25) is 0 Å². The Hall–Kier alpha value is -5.15. The van der Waals surface area contributed by atoms with E-state index in [1.807, 2.05) is 79.7 Å². The summed E-state index contributed by atoms with van der Waals surface area (Å²) in [5.41, 5.74) is 4.78. The van der Waals surface area contributed by atoms with Gasteiger partial charge < -0.3 is 20.1 Å². The predicted molar refractivity (Wildman–Crippen MR) is 162 cm³/mol. The number of nitriles is 1. The zero-order valence-corrected chi connectivity index (χ0v) is 24.9. The van der Waals surface area contributed by atoms with E-state index in [0.29, 0.717) is 23.1 Å². The van der Waals surface area contributed by atoms with Crippen LogP contribution in [0.4, 0.5) is 11.4 Å². The van der Waals surface area contributed by atoms with Crippen LogP contribution in [-0.4, -0.2) is 62.8 Å². The highest BCUT2D eigenvalue weighted by Gasteiger charge is 2.32. The minimum atomic E-state index is -0.770. The molecule has 0 amide bonds. The van der Waals surface area contributed by atoms with Gasteiger partial charge in [0.1, 0.15) is 23.8 Å². The first-order valence-corrected chi connectivity index (χ1v) is 14.1. The average molecular weight is 579 g/mol. The molecule has 4 aromatic heterocycles. The van der Waals surface area contributed by atoms with Crippen LogP contribution in [0, 0.1) is 18.3 Å². The summed E-state index contributed by atoms with van der Waals surface area (Å²) in [4.78, 5) is 11.6. The molecule has 1 unspecified atom stereocenters. The zero-order chi connectivity index (χ0) is 30.5. The number of imidazole rings is 1. The molecule has 2 N–H and O–H groups in total. The summed E-state index contributed by atoms with van der Waals surface area (Å²) in [6.45, 7) is 15.2. The number of aliphatic hydroxyl groups is 1. The summed E-state index contributed by atoms with van der Waals surface area (Å²) < 4.78 is 11.3. The Bertz CT molecular complexity index is 1860. The summed E-state index contributed by atoms with van der Waals surface area (Å²) in [6, 6.07) is 13.6. The SMILES string of the molecule is C=C(OC(C)(C)C)N1CC(n2cc(Nc3ccc4c(c3)ncn4-c3ccc(C(C)O)c(-n4nc(C#N)cc4C)n3)cn2)C1. The molecule has 1 fully saturated rings. The molecule has 0 aliphatic carbocycles. The molecule has 5 aromatic rings. The fraction of sp³-hybridized carbons (Fsp3) is 0.323. The second kappa shape index (κ2) is 10.6. The second-order valence-electron chi connectivity index (χ2n) is 11.8. The molecule has 1 atom stereocenters. The molecule has 1 aliphatic rings. The average Bonchev–Trinajstić information content (AvgIpc) is 3.64. The topological polar surface area (TPSA) is 135 Å². The molecule has 43 heavy (non-hydrogen) atoms. The fourth-order valence-electron chi connectivity index (χ4n) is 5.11. The number of aromatic nitrogens is 7. The molecular formula is C31H34N10O2. The normalized spacial score (nSPS) is 14.4. The number of fused-ring (bicyclic) bond motifs is 1. The van der Waals surface area contributed by atoms with Gasteiger partial charge in [0.25, 0.3) is 0 Å². The van der Waals surface area contributed by atoms with Crippen molar-refractivity contribution in [1.29, 1.82) is 5.26 Å². The lowest BCUT2D eigenvalue weighted by Gasteiger charge is -2.42. The summed E-state index contributed by atoms with van der Waals surface area (Å²) in [6.07, 6.45) is 4.77. The Balaban J connectivity index is 1.19. The van der Waals surface area contributed by atoms with E-state index < -0.39 is 6.10 Å². The number of rotatable bonds is 8. The van der Waals surface area contributed by atoms with Gasteiger partial charge in [0.05, 0.1) is 35.1 Å². The second-order valence-corrected chi connectivity index (χ2v) is 11.8. The van der Waals surface area contributed by atoms with Crippen molar-refractivity contribution in [3.63, 3.8) is 0 Å². The van der Waals surface area contributed by atoms with E-state index in [4.69, 9.17) is 9.72 Å². The lowest BCUT2D eigenvalue weighted by atomic mass is 10.1. The monoisotopic (exact) mass is 578 g/mol. The molecular weight excluding hydrogens is 544 g/mol. The zero-order valence-electron chi connectivity index (χ0n) is 24.9. The number of aryl methyl sites for hydroxylation is 1. The number of hydrogen-bond acceptors (Lipinski definition) is 9. The standard InChI is InChI=1S/C31H34N10O2/c1-19-11-23(13-32)37-41(19)30-26(20(2)42)8-10-29(36-30)39-18-33-27-12-22(7-9-28(27)39)35-24-14-34-40(15-24)25-16-38(17-25)21(3)43-31(4,5)6/h7-12,14-15,18,20,25,35,42H,3,16-17H2,1-2,4-6H3. The van der Waals surface area contributed by atoms with Gasteiger partial charge in [-0.1, -0.05) is 0 Å². The van der Waals surface area contributed by atoms with Gasteiger partial charge in [0, 0.05) is 36.2 Å². The van der Waals surface area contributed by atoms with Gasteiger partial charge in [-0.2, -0.15) is 15.5 Å². The van der Waals surface area contributed by atoms with Gasteiger partial charge in [-0.15, -0.1) is 0 Å². The Labute approximate surface area is 249 Å². The lowest BCUT2D eigenvalue weighted by molar-refractivity contribution is -0.0289. The number of benzene rings is 1. The van der Waals surface area contributed by atoms with Gasteiger partial charge in [-0.25, -0.2) is 14.6 Å². The molecule has 12 nitrogen and oxygen atoms in total. The van der Waals surface area contributed by atoms with Crippen molar-refractivity contribution in [3.8, 4) is 17.7 Å². The maximum atomic E-state index is 10.4. The third-order valence-electron chi connectivity index (χ3n) is 7.24.